The Morgan fingerprint density at radius 2 is 1.44 bits per heavy atom. The minimum Gasteiger partial charge on any atom is -0.508 e. The fourth-order valence-corrected chi connectivity index (χ4v) is 2.13. The van der Waals surface area contributed by atoms with Crippen LogP contribution in [-0.4, -0.2) is 39.7 Å². The summed E-state index contributed by atoms with van der Waals surface area (Å²) in [5.41, 5.74) is 2.90. The van der Waals surface area contributed by atoms with Gasteiger partial charge in [-0.3, -0.25) is 0 Å². The summed E-state index contributed by atoms with van der Waals surface area (Å²) in [4.78, 5) is 2.26. The van der Waals surface area contributed by atoms with Crippen molar-refractivity contribution < 1.29 is 26.8 Å². The number of rotatable bonds is 1. The van der Waals surface area contributed by atoms with E-state index in [9.17, 15) is 0 Å². The molecule has 1 unspecified atom stereocenters. The van der Waals surface area contributed by atoms with Crippen molar-refractivity contribution in [3.8, 4) is 5.75 Å². The molecule has 0 spiro atoms. The molecule has 1 atom stereocenters. The molecule has 0 aromatic heterocycles. The van der Waals surface area contributed by atoms with Gasteiger partial charge < -0.3 is 10.0 Å². The molecule has 1 aliphatic carbocycles. The van der Waals surface area contributed by atoms with Crippen molar-refractivity contribution in [2.75, 3.05) is 14.1 Å². The molecule has 0 bridgehead atoms. The van der Waals surface area contributed by atoms with Crippen molar-refractivity contribution in [1.82, 2.24) is 4.90 Å². The van der Waals surface area contributed by atoms with Gasteiger partial charge in [0.2, 0.25) is 0 Å². The second-order valence-corrected chi connectivity index (χ2v) is 6.44. The van der Waals surface area contributed by atoms with E-state index in [0.29, 0.717) is 11.8 Å². The third-order valence-electron chi connectivity index (χ3n) is 3.28. The zero-order chi connectivity index (χ0) is 16.4. The fraction of sp³-hybridized carbons (Fsp3) is 0.316. The Morgan fingerprint density at radius 3 is 1.84 bits per heavy atom. The largest absolute Gasteiger partial charge is 0.508 e. The van der Waals surface area contributed by atoms with Crippen LogP contribution in [0.25, 0.3) is 0 Å². The van der Waals surface area contributed by atoms with Gasteiger partial charge in [0.25, 0.3) is 0 Å². The van der Waals surface area contributed by atoms with Gasteiger partial charge in [0, 0.05) is 31.2 Å². The average molecular weight is 433 g/mol. The molecule has 2 radical (unpaired) electrons. The SMILES string of the molecule is CN(C)C1[CH-]c2ccccc2C1.C[Si]C.Cl.Cl.Oc1ccccc1.[Ti]. The Balaban J connectivity index is -0.000000326. The maximum absolute atomic E-state index is 8.63. The molecule has 0 heterocycles. The van der Waals surface area contributed by atoms with Gasteiger partial charge in [-0.2, -0.15) is 18.1 Å². The van der Waals surface area contributed by atoms with E-state index in [1.807, 2.05) is 6.07 Å². The van der Waals surface area contributed by atoms with Crippen LogP contribution in [0.3, 0.4) is 0 Å². The van der Waals surface area contributed by atoms with Crippen LogP contribution >= 0.6 is 24.8 Å². The van der Waals surface area contributed by atoms with Crippen LogP contribution < -0.4 is 0 Å². The predicted molar refractivity (Wildman–Crippen MR) is 111 cm³/mol. The van der Waals surface area contributed by atoms with Crippen LogP contribution in [-0.2, 0) is 28.1 Å². The van der Waals surface area contributed by atoms with E-state index in [1.54, 1.807) is 24.3 Å². The molecule has 2 aromatic rings. The first-order valence-corrected chi connectivity index (χ1v) is 9.50. The van der Waals surface area contributed by atoms with Gasteiger partial charge in [-0.25, -0.2) is 0 Å². The van der Waals surface area contributed by atoms with Crippen LogP contribution in [0, 0.1) is 6.42 Å². The molecular formula is C19H28Cl2NOSiTi-. The zero-order valence-corrected chi connectivity index (χ0v) is 19.5. The Kier molecular flexibility index (Phi) is 20.0. The summed E-state index contributed by atoms with van der Waals surface area (Å²) < 4.78 is 0. The third-order valence-corrected chi connectivity index (χ3v) is 3.28. The number of phenols is 1. The van der Waals surface area contributed by atoms with Crippen LogP contribution in [0.2, 0.25) is 13.1 Å². The standard InChI is InChI=1S/C11H14N.C6H6O.C2H6Si.2ClH.Ti/c1-12(2)11-7-9-5-3-4-6-10(9)8-11;7-6-4-2-1-3-5-6;1-3-2;;;/h3-7,11H,8H2,1-2H3;1-5,7H;1-2H3;2*1H;/q-1;;;;;. The number of hydrogen-bond acceptors (Lipinski definition) is 2. The maximum atomic E-state index is 8.63. The minimum absolute atomic E-state index is 0. The molecule has 2 nitrogen and oxygen atoms in total. The van der Waals surface area contributed by atoms with E-state index in [4.69, 9.17) is 5.11 Å². The summed E-state index contributed by atoms with van der Waals surface area (Å²) in [7, 11) is 5.35. The Morgan fingerprint density at radius 1 is 0.960 bits per heavy atom. The number of halogens is 2. The molecule has 1 N–H and O–H groups in total. The third kappa shape index (κ3) is 11.7. The van der Waals surface area contributed by atoms with Crippen LogP contribution in [0.1, 0.15) is 11.1 Å². The number of phenolic OH excluding ortho intramolecular Hbond substituents is 1. The number of fused-ring (bicyclic) bond motifs is 1. The van der Waals surface area contributed by atoms with Crippen molar-refractivity contribution in [1.29, 1.82) is 0 Å². The molecule has 0 saturated carbocycles. The monoisotopic (exact) mass is 432 g/mol. The molecule has 0 saturated heterocycles. The first kappa shape index (κ1) is 29.3. The van der Waals surface area contributed by atoms with E-state index in [1.165, 1.54) is 17.5 Å². The summed E-state index contributed by atoms with van der Waals surface area (Å²) in [6.07, 6.45) is 3.51. The van der Waals surface area contributed by atoms with Gasteiger partial charge in [-0.1, -0.05) is 43.8 Å². The second-order valence-electron chi connectivity index (χ2n) is 5.44. The molecule has 25 heavy (non-hydrogen) atoms. The van der Waals surface area contributed by atoms with Gasteiger partial charge in [0.1, 0.15) is 5.75 Å². The number of nitrogens with zero attached hydrogens (tertiary/aromatic N) is 1. The Labute approximate surface area is 182 Å². The van der Waals surface area contributed by atoms with Gasteiger partial charge in [-0.05, 0) is 32.3 Å². The molecule has 0 fully saturated rings. The predicted octanol–water partition coefficient (Wildman–Crippen LogP) is 4.75. The summed E-state index contributed by atoms with van der Waals surface area (Å²) in [5.74, 6) is 0.322. The van der Waals surface area contributed by atoms with Gasteiger partial charge in [0.05, 0.1) is 0 Å². The number of para-hydroxylation sites is 1. The number of likely N-dealkylation sites (N-methyl/N-ethyl adjacent to an activating group) is 1. The van der Waals surface area contributed by atoms with Crippen molar-refractivity contribution in [3.05, 3.63) is 72.1 Å². The Hall–Kier alpha value is -0.419. The van der Waals surface area contributed by atoms with Crippen molar-refractivity contribution in [2.45, 2.75) is 25.6 Å². The van der Waals surface area contributed by atoms with Crippen molar-refractivity contribution >= 4 is 34.3 Å². The van der Waals surface area contributed by atoms with Crippen molar-refractivity contribution in [3.63, 3.8) is 0 Å². The topological polar surface area (TPSA) is 23.5 Å². The van der Waals surface area contributed by atoms with Crippen LogP contribution in [0.4, 0.5) is 0 Å². The molecule has 2 aromatic carbocycles. The smallest absolute Gasteiger partial charge is 0.115 e. The van der Waals surface area contributed by atoms with E-state index < -0.39 is 0 Å². The van der Waals surface area contributed by atoms with Crippen LogP contribution in [0.5, 0.6) is 5.75 Å². The number of aromatic hydroxyl groups is 1. The number of benzene rings is 2. The summed E-state index contributed by atoms with van der Waals surface area (Å²) in [6.45, 7) is 4.31. The van der Waals surface area contributed by atoms with Gasteiger partial charge in [0.15, 0.2) is 0 Å². The molecular weight excluding hydrogens is 405 g/mol. The van der Waals surface area contributed by atoms with E-state index in [-0.39, 0.29) is 46.5 Å². The first-order chi connectivity index (χ1) is 10.6. The summed E-state index contributed by atoms with van der Waals surface area (Å²) in [6, 6.07) is 17.9. The molecule has 3 rings (SSSR count). The normalized spacial score (nSPS) is 13.1. The molecule has 0 aliphatic heterocycles. The molecule has 6 heteroatoms. The van der Waals surface area contributed by atoms with E-state index in [2.05, 4.69) is 62.8 Å². The molecule has 138 valence electrons. The Bertz CT molecular complexity index is 519. The number of hydrogen-bond donors (Lipinski definition) is 1. The fourth-order valence-electron chi connectivity index (χ4n) is 2.13. The average Bonchev–Trinajstić information content (AvgIpc) is 2.94. The minimum atomic E-state index is 0. The van der Waals surface area contributed by atoms with Crippen LogP contribution in [0.15, 0.2) is 54.6 Å². The van der Waals surface area contributed by atoms with E-state index in [0.717, 1.165) is 9.52 Å². The zero-order valence-electron chi connectivity index (χ0n) is 15.3. The van der Waals surface area contributed by atoms with Gasteiger partial charge in [-0.15, -0.1) is 42.5 Å². The maximum Gasteiger partial charge on any atom is 0.115 e. The van der Waals surface area contributed by atoms with E-state index >= 15 is 0 Å². The summed E-state index contributed by atoms with van der Waals surface area (Å²) in [5, 5.41) is 8.63. The first-order valence-electron chi connectivity index (χ1n) is 7.50. The molecule has 0 amide bonds. The van der Waals surface area contributed by atoms with Crippen molar-refractivity contribution in [2.24, 2.45) is 0 Å². The van der Waals surface area contributed by atoms with Gasteiger partial charge >= 0.3 is 0 Å². The quantitative estimate of drug-likeness (QED) is 0.519. The summed E-state index contributed by atoms with van der Waals surface area (Å²) >= 11 is 0. The second kappa shape index (κ2) is 17.0. The molecule has 1 aliphatic rings.